The smallest absolute Gasteiger partial charge is 0.475 e. The quantitative estimate of drug-likeness (QED) is 0.197. The molecule has 1 aliphatic rings. The molecule has 1 saturated heterocycles. The lowest BCUT2D eigenvalue weighted by Gasteiger charge is -2.41. The first-order chi connectivity index (χ1) is 18.6. The summed E-state index contributed by atoms with van der Waals surface area (Å²) in [7, 11) is -3.75. The summed E-state index contributed by atoms with van der Waals surface area (Å²) < 4.78 is 42.2. The molecule has 1 heterocycles. The van der Waals surface area contributed by atoms with Crippen LogP contribution in [0.1, 0.15) is 71.9 Å². The van der Waals surface area contributed by atoms with Crippen molar-refractivity contribution in [3.05, 3.63) is 64.1 Å². The van der Waals surface area contributed by atoms with Gasteiger partial charge in [0.05, 0.1) is 31.0 Å². The number of phosphoric acid groups is 1. The van der Waals surface area contributed by atoms with Crippen molar-refractivity contribution in [2.24, 2.45) is 0 Å². The second kappa shape index (κ2) is 13.8. The highest BCUT2D eigenvalue weighted by molar-refractivity contribution is 9.10. The number of alkyl carbamates (subject to hydrolysis) is 1. The SMILES string of the molecule is CC(C)(C)OC(=O)NC1(CCc2ccc(OCCCCc3ccc(Br)cc3)cc2)COP(=O)(OC(C)(C)C)OC1. The molecule has 8 nitrogen and oxygen atoms in total. The van der Waals surface area contributed by atoms with Crippen molar-refractivity contribution in [3.63, 3.8) is 0 Å². The largest absolute Gasteiger partial charge is 0.494 e. The standard InChI is InChI=1S/C30H43BrNO7P/c1-28(2,3)38-27(33)32-30(21-36-40(34,37-22-30)39-29(4,5)6)19-18-24-12-16-26(17-13-24)35-20-8-7-9-23-10-14-25(31)15-11-23/h10-17H,7-9,18-22H2,1-6H3,(H,32,33). The van der Waals surface area contributed by atoms with Crippen LogP contribution in [0.2, 0.25) is 0 Å². The first-order valence-corrected chi connectivity index (χ1v) is 16.0. The molecule has 0 bridgehead atoms. The Kier molecular flexibility index (Phi) is 11.3. The first kappa shape index (κ1) is 32.6. The lowest BCUT2D eigenvalue weighted by molar-refractivity contribution is -0.0275. The van der Waals surface area contributed by atoms with E-state index in [1.165, 1.54) is 5.56 Å². The van der Waals surface area contributed by atoms with Crippen LogP contribution in [0.15, 0.2) is 53.0 Å². The van der Waals surface area contributed by atoms with Gasteiger partial charge >= 0.3 is 13.9 Å². The third-order valence-electron chi connectivity index (χ3n) is 6.01. The van der Waals surface area contributed by atoms with Crippen LogP contribution in [0.3, 0.4) is 0 Å². The van der Waals surface area contributed by atoms with Crippen molar-refractivity contribution in [1.29, 1.82) is 0 Å². The molecule has 2 aromatic carbocycles. The predicted molar refractivity (Wildman–Crippen MR) is 160 cm³/mol. The third kappa shape index (κ3) is 11.5. The molecule has 222 valence electrons. The monoisotopic (exact) mass is 639 g/mol. The summed E-state index contributed by atoms with van der Waals surface area (Å²) >= 11 is 3.47. The van der Waals surface area contributed by atoms with Gasteiger partial charge in [0.2, 0.25) is 0 Å². The van der Waals surface area contributed by atoms with Crippen molar-refractivity contribution in [2.45, 2.75) is 90.4 Å². The van der Waals surface area contributed by atoms with Crippen LogP contribution in [-0.2, 0) is 35.7 Å². The Bertz CT molecular complexity index is 1130. The van der Waals surface area contributed by atoms with Crippen molar-refractivity contribution in [2.75, 3.05) is 19.8 Å². The summed E-state index contributed by atoms with van der Waals surface area (Å²) in [5.41, 5.74) is 0.0810. The highest BCUT2D eigenvalue weighted by Crippen LogP contribution is 2.56. The zero-order valence-corrected chi connectivity index (χ0v) is 26.9. The van der Waals surface area contributed by atoms with E-state index in [0.29, 0.717) is 19.4 Å². The number of carbonyl (C=O) groups is 1. The van der Waals surface area contributed by atoms with Gasteiger partial charge in [-0.2, -0.15) is 0 Å². The number of amides is 1. The number of unbranched alkanes of at least 4 members (excludes halogenated alkanes) is 1. The number of carbonyl (C=O) groups excluding carboxylic acids is 1. The minimum Gasteiger partial charge on any atom is -0.494 e. The highest BCUT2D eigenvalue weighted by atomic mass is 79.9. The second-order valence-corrected chi connectivity index (χ2v) is 14.7. The summed E-state index contributed by atoms with van der Waals surface area (Å²) in [5.74, 6) is 0.818. The number of hydrogen-bond acceptors (Lipinski definition) is 7. The van der Waals surface area contributed by atoms with Crippen molar-refractivity contribution < 1.29 is 32.4 Å². The molecule has 10 heteroatoms. The Morgan fingerprint density at radius 3 is 2.05 bits per heavy atom. The summed E-state index contributed by atoms with van der Waals surface area (Å²) in [6.45, 7) is 11.3. The number of rotatable bonds is 11. The summed E-state index contributed by atoms with van der Waals surface area (Å²) in [6, 6.07) is 16.3. The predicted octanol–water partition coefficient (Wildman–Crippen LogP) is 8.02. The minimum atomic E-state index is -3.75. The average Bonchev–Trinajstić information content (AvgIpc) is 2.84. The topological polar surface area (TPSA) is 92.3 Å². The van der Waals surface area contributed by atoms with Crippen LogP contribution in [0, 0.1) is 0 Å². The Hall–Kier alpha value is -1.90. The summed E-state index contributed by atoms with van der Waals surface area (Å²) in [6.07, 6.45) is 3.58. The highest BCUT2D eigenvalue weighted by Gasteiger charge is 2.46. The molecule has 0 unspecified atom stereocenters. The molecule has 0 saturated carbocycles. The molecular formula is C30H43BrNO7P. The van der Waals surface area contributed by atoms with E-state index in [4.69, 9.17) is 23.0 Å². The van der Waals surface area contributed by atoms with Gasteiger partial charge in [0.1, 0.15) is 11.4 Å². The normalized spacial score (nSPS) is 21.6. The van der Waals surface area contributed by atoms with Gasteiger partial charge < -0.3 is 14.8 Å². The van der Waals surface area contributed by atoms with E-state index in [1.54, 1.807) is 41.5 Å². The summed E-state index contributed by atoms with van der Waals surface area (Å²) in [5, 5.41) is 2.91. The van der Waals surface area contributed by atoms with E-state index < -0.39 is 30.7 Å². The lowest BCUT2D eigenvalue weighted by Crippen LogP contribution is -2.58. The summed E-state index contributed by atoms with van der Waals surface area (Å²) in [4.78, 5) is 12.7. The number of halogens is 1. The van der Waals surface area contributed by atoms with Gasteiger partial charge in [0.25, 0.3) is 0 Å². The van der Waals surface area contributed by atoms with E-state index in [0.717, 1.165) is 35.0 Å². The molecule has 40 heavy (non-hydrogen) atoms. The third-order valence-corrected chi connectivity index (χ3v) is 8.20. The Labute approximate surface area is 247 Å². The van der Waals surface area contributed by atoms with E-state index in [1.807, 2.05) is 24.3 Å². The number of ether oxygens (including phenoxy) is 2. The zero-order chi connectivity index (χ0) is 29.4. The molecule has 0 radical (unpaired) electrons. The molecule has 3 rings (SSSR count). The fraction of sp³-hybridized carbons (Fsp3) is 0.567. The fourth-order valence-electron chi connectivity index (χ4n) is 4.08. The molecule has 0 atom stereocenters. The molecule has 2 aromatic rings. The van der Waals surface area contributed by atoms with Gasteiger partial charge in [-0.15, -0.1) is 0 Å². The van der Waals surface area contributed by atoms with E-state index in [2.05, 4.69) is 45.5 Å². The zero-order valence-electron chi connectivity index (χ0n) is 24.5. The van der Waals surface area contributed by atoms with Gasteiger partial charge in [-0.1, -0.05) is 40.2 Å². The second-order valence-electron chi connectivity index (χ2n) is 12.2. The van der Waals surface area contributed by atoms with Gasteiger partial charge in [0, 0.05) is 4.47 Å². The van der Waals surface area contributed by atoms with Crippen LogP contribution in [0.5, 0.6) is 5.75 Å². The van der Waals surface area contributed by atoms with E-state index >= 15 is 0 Å². The first-order valence-electron chi connectivity index (χ1n) is 13.7. The van der Waals surface area contributed by atoms with Crippen molar-refractivity contribution in [1.82, 2.24) is 5.32 Å². The van der Waals surface area contributed by atoms with Gasteiger partial charge in [-0.3, -0.25) is 13.6 Å². The number of aryl methyl sites for hydroxylation is 2. The van der Waals surface area contributed by atoms with Crippen LogP contribution in [-0.4, -0.2) is 42.7 Å². The maximum absolute atomic E-state index is 12.9. The van der Waals surface area contributed by atoms with Crippen molar-refractivity contribution >= 4 is 29.8 Å². The molecule has 1 fully saturated rings. The molecule has 0 spiro atoms. The van der Waals surface area contributed by atoms with Crippen LogP contribution in [0.25, 0.3) is 0 Å². The Morgan fingerprint density at radius 2 is 1.48 bits per heavy atom. The molecule has 1 aliphatic heterocycles. The van der Waals surface area contributed by atoms with Gasteiger partial charge in [-0.25, -0.2) is 9.36 Å². The molecule has 1 amide bonds. The van der Waals surface area contributed by atoms with Gasteiger partial charge in [0.15, 0.2) is 0 Å². The van der Waals surface area contributed by atoms with E-state index in [9.17, 15) is 9.36 Å². The maximum Gasteiger partial charge on any atom is 0.475 e. The van der Waals surface area contributed by atoms with Gasteiger partial charge in [-0.05, 0) is 109 Å². The number of nitrogens with one attached hydrogen (secondary N) is 1. The Balaban J connectivity index is 1.52. The van der Waals surface area contributed by atoms with Crippen LogP contribution >= 0.6 is 23.8 Å². The Morgan fingerprint density at radius 1 is 0.900 bits per heavy atom. The van der Waals surface area contributed by atoms with Crippen LogP contribution < -0.4 is 10.1 Å². The molecular weight excluding hydrogens is 597 g/mol. The lowest BCUT2D eigenvalue weighted by atomic mass is 9.93. The van der Waals surface area contributed by atoms with Crippen LogP contribution in [0.4, 0.5) is 4.79 Å². The fourth-order valence-corrected chi connectivity index (χ4v) is 6.01. The number of hydrogen-bond donors (Lipinski definition) is 1. The maximum atomic E-state index is 12.9. The average molecular weight is 641 g/mol. The molecule has 0 aliphatic carbocycles. The number of phosphoric ester groups is 1. The van der Waals surface area contributed by atoms with E-state index in [-0.39, 0.29) is 13.2 Å². The molecule has 1 N–H and O–H groups in total. The molecule has 0 aromatic heterocycles. The van der Waals surface area contributed by atoms with Crippen molar-refractivity contribution in [3.8, 4) is 5.75 Å². The minimum absolute atomic E-state index is 0.0267. The number of benzene rings is 2.